The Kier molecular flexibility index (Phi) is 2.26. The van der Waals surface area contributed by atoms with Gasteiger partial charge in [0.1, 0.15) is 0 Å². The molecule has 1 aromatic carbocycles. The molecular formula is C14H19NO. The zero-order valence-electron chi connectivity index (χ0n) is 10.6. The van der Waals surface area contributed by atoms with Gasteiger partial charge in [-0.1, -0.05) is 32.9 Å². The second-order valence-electron chi connectivity index (χ2n) is 5.51. The number of hydrogen-bond donors (Lipinski definition) is 1. The minimum absolute atomic E-state index is 0.0855. The predicted molar refractivity (Wildman–Crippen MR) is 68.0 cm³/mol. The molecule has 0 fully saturated rings. The molecule has 0 amide bonds. The molecule has 2 rings (SSSR count). The highest BCUT2D eigenvalue weighted by atomic mass is 16.3. The molecule has 0 unspecified atom stereocenters. The summed E-state index contributed by atoms with van der Waals surface area (Å²) in [7, 11) is 1.91. The minimum atomic E-state index is 0.0855. The van der Waals surface area contributed by atoms with Crippen LogP contribution in [0.2, 0.25) is 0 Å². The van der Waals surface area contributed by atoms with Crippen LogP contribution in [0.5, 0.6) is 5.88 Å². The summed E-state index contributed by atoms with van der Waals surface area (Å²) in [5, 5.41) is 10.9. The van der Waals surface area contributed by atoms with Crippen LogP contribution >= 0.6 is 0 Å². The number of nitrogens with zero attached hydrogens (tertiary/aromatic N) is 1. The molecule has 1 N–H and O–H groups in total. The molecule has 0 radical (unpaired) electrons. The van der Waals surface area contributed by atoms with E-state index in [4.69, 9.17) is 0 Å². The van der Waals surface area contributed by atoms with Crippen molar-refractivity contribution in [1.29, 1.82) is 0 Å². The van der Waals surface area contributed by atoms with Gasteiger partial charge in [-0.15, -0.1) is 0 Å². The summed E-state index contributed by atoms with van der Waals surface area (Å²) in [5.74, 6) is 0.325. The zero-order chi connectivity index (χ0) is 12.1. The summed E-state index contributed by atoms with van der Waals surface area (Å²) in [4.78, 5) is 0. The molecule has 0 atom stereocenters. The van der Waals surface area contributed by atoms with Crippen LogP contribution in [0.15, 0.2) is 18.2 Å². The summed E-state index contributed by atoms with van der Waals surface area (Å²) >= 11 is 0. The fourth-order valence-electron chi connectivity index (χ4n) is 2.48. The van der Waals surface area contributed by atoms with Crippen molar-refractivity contribution in [1.82, 2.24) is 4.57 Å². The second kappa shape index (κ2) is 3.27. The van der Waals surface area contributed by atoms with Crippen LogP contribution in [0.4, 0.5) is 0 Å². The molecule has 2 aromatic rings. The van der Waals surface area contributed by atoms with Gasteiger partial charge >= 0.3 is 0 Å². The Bertz CT molecular complexity index is 544. The Hall–Kier alpha value is -1.44. The van der Waals surface area contributed by atoms with Gasteiger partial charge in [0.2, 0.25) is 0 Å². The Balaban J connectivity index is 2.94. The van der Waals surface area contributed by atoms with Crippen molar-refractivity contribution in [2.75, 3.05) is 0 Å². The maximum absolute atomic E-state index is 9.79. The predicted octanol–water partition coefficient (Wildman–Crippen LogP) is 3.49. The van der Waals surface area contributed by atoms with Crippen molar-refractivity contribution in [3.8, 4) is 5.88 Å². The lowest BCUT2D eigenvalue weighted by Crippen LogP contribution is -2.14. The van der Waals surface area contributed by atoms with Crippen molar-refractivity contribution in [3.05, 3.63) is 29.3 Å². The van der Waals surface area contributed by atoms with Crippen LogP contribution in [-0.2, 0) is 12.5 Å². The summed E-state index contributed by atoms with van der Waals surface area (Å²) in [6.07, 6.45) is 0. The highest BCUT2D eigenvalue weighted by Gasteiger charge is 2.21. The molecule has 0 saturated carbocycles. The minimum Gasteiger partial charge on any atom is -0.494 e. The van der Waals surface area contributed by atoms with Crippen LogP contribution < -0.4 is 0 Å². The summed E-state index contributed by atoms with van der Waals surface area (Å²) in [6, 6.07) is 6.02. The molecule has 0 spiro atoms. The Morgan fingerprint density at radius 1 is 1.19 bits per heavy atom. The smallest absolute Gasteiger partial charge is 0.191 e. The highest BCUT2D eigenvalue weighted by Crippen LogP contribution is 2.35. The van der Waals surface area contributed by atoms with Crippen LogP contribution in [0.25, 0.3) is 10.9 Å². The van der Waals surface area contributed by atoms with E-state index in [1.54, 1.807) is 0 Å². The lowest BCUT2D eigenvalue weighted by Gasteiger charge is -2.23. The first kappa shape index (κ1) is 11.1. The van der Waals surface area contributed by atoms with Crippen molar-refractivity contribution in [2.45, 2.75) is 33.1 Å². The first-order chi connectivity index (χ1) is 7.32. The third-order valence-electron chi connectivity index (χ3n) is 3.13. The molecule has 0 saturated heterocycles. The fourth-order valence-corrected chi connectivity index (χ4v) is 2.48. The molecule has 0 aliphatic rings. The first-order valence-corrected chi connectivity index (χ1v) is 5.61. The number of aromatic hydroxyl groups is 1. The van der Waals surface area contributed by atoms with E-state index in [2.05, 4.69) is 39.8 Å². The summed E-state index contributed by atoms with van der Waals surface area (Å²) < 4.78 is 1.86. The van der Waals surface area contributed by atoms with Crippen molar-refractivity contribution in [2.24, 2.45) is 7.05 Å². The average molecular weight is 217 g/mol. The summed E-state index contributed by atoms with van der Waals surface area (Å²) in [6.45, 7) is 8.75. The van der Waals surface area contributed by atoms with Gasteiger partial charge in [0.05, 0.1) is 5.52 Å². The van der Waals surface area contributed by atoms with Crippen molar-refractivity contribution >= 4 is 10.9 Å². The normalized spacial score (nSPS) is 12.3. The van der Waals surface area contributed by atoms with Crippen LogP contribution in [-0.4, -0.2) is 9.67 Å². The lowest BCUT2D eigenvalue weighted by molar-refractivity contribution is 0.434. The quantitative estimate of drug-likeness (QED) is 0.718. The Labute approximate surface area is 96.5 Å². The van der Waals surface area contributed by atoms with Crippen molar-refractivity contribution in [3.63, 3.8) is 0 Å². The molecule has 2 nitrogen and oxygen atoms in total. The Morgan fingerprint density at radius 3 is 2.38 bits per heavy atom. The number of aryl methyl sites for hydroxylation is 2. The molecule has 1 heterocycles. The number of benzene rings is 1. The molecule has 1 aromatic heterocycles. The maximum atomic E-state index is 9.79. The van der Waals surface area contributed by atoms with Gasteiger partial charge in [-0.3, -0.25) is 0 Å². The largest absolute Gasteiger partial charge is 0.494 e. The molecule has 16 heavy (non-hydrogen) atoms. The molecule has 0 aliphatic heterocycles. The van der Waals surface area contributed by atoms with E-state index >= 15 is 0 Å². The zero-order valence-corrected chi connectivity index (χ0v) is 10.6. The van der Waals surface area contributed by atoms with E-state index in [1.807, 2.05) is 17.7 Å². The number of hydrogen-bond acceptors (Lipinski definition) is 1. The van der Waals surface area contributed by atoms with E-state index in [0.29, 0.717) is 5.88 Å². The standard InChI is InChI=1S/C14H19NO/c1-9-6-7-10-8-11(16)15(5)13(10)12(9)14(2,3)4/h6-8,16H,1-5H3. The Morgan fingerprint density at radius 2 is 1.81 bits per heavy atom. The van der Waals surface area contributed by atoms with Crippen LogP contribution in [0, 0.1) is 6.92 Å². The molecule has 0 bridgehead atoms. The van der Waals surface area contributed by atoms with E-state index in [0.717, 1.165) is 10.9 Å². The molecule has 2 heteroatoms. The van der Waals surface area contributed by atoms with Crippen LogP contribution in [0.1, 0.15) is 31.9 Å². The third kappa shape index (κ3) is 1.49. The van der Waals surface area contributed by atoms with E-state index in [-0.39, 0.29) is 5.41 Å². The second-order valence-corrected chi connectivity index (χ2v) is 5.51. The van der Waals surface area contributed by atoms with Gasteiger partial charge in [0.15, 0.2) is 5.88 Å². The monoisotopic (exact) mass is 217 g/mol. The SMILES string of the molecule is Cc1ccc2cc(O)n(C)c2c1C(C)(C)C. The fraction of sp³-hybridized carbons (Fsp3) is 0.429. The van der Waals surface area contributed by atoms with Gasteiger partial charge < -0.3 is 9.67 Å². The topological polar surface area (TPSA) is 25.2 Å². The molecule has 86 valence electrons. The third-order valence-corrected chi connectivity index (χ3v) is 3.13. The molecular weight excluding hydrogens is 198 g/mol. The molecule has 0 aliphatic carbocycles. The van der Waals surface area contributed by atoms with Gasteiger partial charge in [-0.05, 0) is 23.5 Å². The first-order valence-electron chi connectivity index (χ1n) is 5.61. The number of rotatable bonds is 0. The van der Waals surface area contributed by atoms with E-state index in [9.17, 15) is 5.11 Å². The summed E-state index contributed by atoms with van der Waals surface area (Å²) in [5.41, 5.74) is 3.82. The highest BCUT2D eigenvalue weighted by molar-refractivity contribution is 5.87. The average Bonchev–Trinajstić information content (AvgIpc) is 2.42. The van der Waals surface area contributed by atoms with Crippen molar-refractivity contribution < 1.29 is 5.11 Å². The van der Waals surface area contributed by atoms with Gasteiger partial charge in [0, 0.05) is 18.5 Å². The van der Waals surface area contributed by atoms with Crippen LogP contribution in [0.3, 0.4) is 0 Å². The maximum Gasteiger partial charge on any atom is 0.191 e. The number of aromatic nitrogens is 1. The van der Waals surface area contributed by atoms with E-state index < -0.39 is 0 Å². The van der Waals surface area contributed by atoms with E-state index in [1.165, 1.54) is 11.1 Å². The van der Waals surface area contributed by atoms with Gasteiger partial charge in [-0.2, -0.15) is 0 Å². The number of fused-ring (bicyclic) bond motifs is 1. The lowest BCUT2D eigenvalue weighted by atomic mass is 9.83. The van der Waals surface area contributed by atoms with Gasteiger partial charge in [0.25, 0.3) is 0 Å². The van der Waals surface area contributed by atoms with Gasteiger partial charge in [-0.25, -0.2) is 0 Å².